The van der Waals surface area contributed by atoms with Gasteiger partial charge < -0.3 is 5.32 Å². The van der Waals surface area contributed by atoms with E-state index in [4.69, 9.17) is 0 Å². The van der Waals surface area contributed by atoms with E-state index in [2.05, 4.69) is 27.4 Å². The SMILES string of the molecule is CCC(CC1CC1)NC(=O)c1ncn[nH]1. The van der Waals surface area contributed by atoms with E-state index in [1.807, 2.05) is 0 Å². The zero-order valence-electron chi connectivity index (χ0n) is 8.86. The molecule has 5 nitrogen and oxygen atoms in total. The summed E-state index contributed by atoms with van der Waals surface area (Å²) in [5.41, 5.74) is 0. The lowest BCUT2D eigenvalue weighted by molar-refractivity contribution is 0.0922. The summed E-state index contributed by atoms with van der Waals surface area (Å²) in [6.45, 7) is 2.09. The van der Waals surface area contributed by atoms with Gasteiger partial charge in [0.1, 0.15) is 6.33 Å². The molecular formula is C10H16N4O. The van der Waals surface area contributed by atoms with Crippen LogP contribution in [-0.4, -0.2) is 27.1 Å². The Morgan fingerprint density at radius 2 is 2.53 bits per heavy atom. The number of hydrogen-bond acceptors (Lipinski definition) is 3. The zero-order chi connectivity index (χ0) is 10.7. The molecule has 15 heavy (non-hydrogen) atoms. The van der Waals surface area contributed by atoms with Crippen molar-refractivity contribution >= 4 is 5.91 Å². The van der Waals surface area contributed by atoms with Crippen LogP contribution in [0.15, 0.2) is 6.33 Å². The molecule has 1 aromatic heterocycles. The predicted molar refractivity (Wildman–Crippen MR) is 55.3 cm³/mol. The van der Waals surface area contributed by atoms with Gasteiger partial charge in [-0.3, -0.25) is 9.89 Å². The fraction of sp³-hybridized carbons (Fsp3) is 0.700. The van der Waals surface area contributed by atoms with Crippen molar-refractivity contribution in [2.75, 3.05) is 0 Å². The molecule has 1 aromatic rings. The van der Waals surface area contributed by atoms with E-state index in [1.54, 1.807) is 0 Å². The van der Waals surface area contributed by atoms with E-state index in [-0.39, 0.29) is 11.9 Å². The number of hydrogen-bond donors (Lipinski definition) is 2. The highest BCUT2D eigenvalue weighted by atomic mass is 16.2. The average Bonchev–Trinajstić information content (AvgIpc) is 2.88. The van der Waals surface area contributed by atoms with Gasteiger partial charge in [-0.25, -0.2) is 4.98 Å². The van der Waals surface area contributed by atoms with Crippen molar-refractivity contribution in [1.82, 2.24) is 20.5 Å². The Morgan fingerprint density at radius 3 is 3.07 bits per heavy atom. The van der Waals surface area contributed by atoms with Crippen LogP contribution in [0.4, 0.5) is 0 Å². The minimum Gasteiger partial charge on any atom is -0.347 e. The normalized spacial score (nSPS) is 17.4. The van der Waals surface area contributed by atoms with Gasteiger partial charge in [0.05, 0.1) is 0 Å². The number of carbonyl (C=O) groups is 1. The molecule has 5 heteroatoms. The molecule has 2 N–H and O–H groups in total. The Bertz CT molecular complexity index is 318. The maximum absolute atomic E-state index is 11.6. The van der Waals surface area contributed by atoms with Crippen LogP contribution in [0.25, 0.3) is 0 Å². The first-order valence-electron chi connectivity index (χ1n) is 5.45. The third kappa shape index (κ3) is 2.78. The highest BCUT2D eigenvalue weighted by Gasteiger charge is 2.25. The second kappa shape index (κ2) is 4.42. The number of nitrogens with one attached hydrogen (secondary N) is 2. The van der Waals surface area contributed by atoms with E-state index in [1.165, 1.54) is 19.2 Å². The Labute approximate surface area is 88.7 Å². The topological polar surface area (TPSA) is 70.7 Å². The fourth-order valence-electron chi connectivity index (χ4n) is 1.65. The van der Waals surface area contributed by atoms with Gasteiger partial charge in [0, 0.05) is 6.04 Å². The van der Waals surface area contributed by atoms with Crippen molar-refractivity contribution < 1.29 is 4.79 Å². The highest BCUT2D eigenvalue weighted by Crippen LogP contribution is 2.34. The first-order chi connectivity index (χ1) is 7.29. The first-order valence-corrected chi connectivity index (χ1v) is 5.45. The monoisotopic (exact) mass is 208 g/mol. The molecular weight excluding hydrogens is 192 g/mol. The van der Waals surface area contributed by atoms with Crippen LogP contribution in [0.5, 0.6) is 0 Å². The van der Waals surface area contributed by atoms with Crippen molar-refractivity contribution in [3.63, 3.8) is 0 Å². The van der Waals surface area contributed by atoms with Gasteiger partial charge in [-0.05, 0) is 18.8 Å². The van der Waals surface area contributed by atoms with E-state index < -0.39 is 0 Å². The van der Waals surface area contributed by atoms with Crippen LogP contribution in [0.3, 0.4) is 0 Å². The maximum Gasteiger partial charge on any atom is 0.288 e. The Morgan fingerprint density at radius 1 is 1.73 bits per heavy atom. The summed E-state index contributed by atoms with van der Waals surface area (Å²) in [4.78, 5) is 15.5. The Kier molecular flexibility index (Phi) is 2.99. The van der Waals surface area contributed by atoms with Gasteiger partial charge >= 0.3 is 0 Å². The van der Waals surface area contributed by atoms with Crippen LogP contribution >= 0.6 is 0 Å². The Balaban J connectivity index is 1.85. The molecule has 0 bridgehead atoms. The number of rotatable bonds is 5. The van der Waals surface area contributed by atoms with Crippen molar-refractivity contribution in [3.8, 4) is 0 Å². The molecule has 1 heterocycles. The summed E-state index contributed by atoms with van der Waals surface area (Å²) in [7, 11) is 0. The van der Waals surface area contributed by atoms with E-state index in [0.717, 1.165) is 18.8 Å². The van der Waals surface area contributed by atoms with Gasteiger partial charge in [0.25, 0.3) is 5.91 Å². The minimum absolute atomic E-state index is 0.153. The maximum atomic E-state index is 11.6. The van der Waals surface area contributed by atoms with E-state index in [0.29, 0.717) is 5.82 Å². The summed E-state index contributed by atoms with van der Waals surface area (Å²) >= 11 is 0. The van der Waals surface area contributed by atoms with Crippen LogP contribution < -0.4 is 5.32 Å². The van der Waals surface area contributed by atoms with Gasteiger partial charge in [0.2, 0.25) is 5.82 Å². The number of H-pyrrole nitrogens is 1. The van der Waals surface area contributed by atoms with Crippen LogP contribution in [0.1, 0.15) is 43.2 Å². The first kappa shape index (κ1) is 10.1. The van der Waals surface area contributed by atoms with Crippen LogP contribution in [0.2, 0.25) is 0 Å². The zero-order valence-corrected chi connectivity index (χ0v) is 8.86. The number of aromatic amines is 1. The third-order valence-electron chi connectivity index (χ3n) is 2.77. The molecule has 1 aliphatic rings. The van der Waals surface area contributed by atoms with Crippen molar-refractivity contribution in [3.05, 3.63) is 12.2 Å². The molecule has 0 radical (unpaired) electrons. The number of amides is 1. The summed E-state index contributed by atoms with van der Waals surface area (Å²) < 4.78 is 0. The molecule has 1 aliphatic carbocycles. The lowest BCUT2D eigenvalue weighted by atomic mass is 10.1. The third-order valence-corrected chi connectivity index (χ3v) is 2.77. The summed E-state index contributed by atoms with van der Waals surface area (Å²) in [6.07, 6.45) is 6.03. The lowest BCUT2D eigenvalue weighted by Gasteiger charge is -2.15. The molecule has 1 atom stereocenters. The minimum atomic E-state index is -0.153. The number of carbonyl (C=O) groups excluding carboxylic acids is 1. The molecule has 2 rings (SSSR count). The predicted octanol–water partition coefficient (Wildman–Crippen LogP) is 1.11. The quantitative estimate of drug-likeness (QED) is 0.761. The van der Waals surface area contributed by atoms with Crippen LogP contribution in [-0.2, 0) is 0 Å². The summed E-state index contributed by atoms with van der Waals surface area (Å²) in [5, 5.41) is 9.18. The van der Waals surface area contributed by atoms with Gasteiger partial charge in [-0.15, -0.1) is 0 Å². The average molecular weight is 208 g/mol. The molecule has 0 aromatic carbocycles. The molecule has 0 saturated heterocycles. The number of nitrogens with zero attached hydrogens (tertiary/aromatic N) is 2. The summed E-state index contributed by atoms with van der Waals surface area (Å²) in [5.74, 6) is 0.967. The molecule has 0 aliphatic heterocycles. The summed E-state index contributed by atoms with van der Waals surface area (Å²) in [6, 6.07) is 0.273. The van der Waals surface area contributed by atoms with Crippen LogP contribution in [0, 0.1) is 5.92 Å². The van der Waals surface area contributed by atoms with Crippen molar-refractivity contribution in [2.45, 2.75) is 38.6 Å². The molecule has 0 spiro atoms. The molecule has 82 valence electrons. The van der Waals surface area contributed by atoms with Crippen molar-refractivity contribution in [1.29, 1.82) is 0 Å². The van der Waals surface area contributed by atoms with E-state index in [9.17, 15) is 4.79 Å². The van der Waals surface area contributed by atoms with Gasteiger partial charge in [-0.1, -0.05) is 19.8 Å². The fourth-order valence-corrected chi connectivity index (χ4v) is 1.65. The smallest absolute Gasteiger partial charge is 0.288 e. The largest absolute Gasteiger partial charge is 0.347 e. The standard InChI is InChI=1S/C10H16N4O/c1-2-8(5-7-3-4-7)13-10(15)9-11-6-12-14-9/h6-8H,2-5H2,1H3,(H,13,15)(H,11,12,14). The number of aromatic nitrogens is 3. The van der Waals surface area contributed by atoms with Crippen molar-refractivity contribution in [2.24, 2.45) is 5.92 Å². The van der Waals surface area contributed by atoms with Gasteiger partial charge in [-0.2, -0.15) is 5.10 Å². The molecule has 1 fully saturated rings. The lowest BCUT2D eigenvalue weighted by Crippen LogP contribution is -2.35. The molecule has 1 unspecified atom stereocenters. The Hall–Kier alpha value is -1.39. The van der Waals surface area contributed by atoms with E-state index >= 15 is 0 Å². The molecule has 1 saturated carbocycles. The highest BCUT2D eigenvalue weighted by molar-refractivity contribution is 5.90. The second-order valence-electron chi connectivity index (χ2n) is 4.09. The second-order valence-corrected chi connectivity index (χ2v) is 4.09. The molecule has 1 amide bonds. The van der Waals surface area contributed by atoms with Gasteiger partial charge in [0.15, 0.2) is 0 Å².